The number of aliphatic hydroxyl groups excluding tert-OH is 5. The molecule has 0 bridgehead atoms. The smallest absolute Gasteiger partial charge is 0.111 e. The van der Waals surface area contributed by atoms with Gasteiger partial charge in [0.1, 0.15) is 24.4 Å². The minimum absolute atomic E-state index is 0.0862. The summed E-state index contributed by atoms with van der Waals surface area (Å²) < 4.78 is 5.25. The molecule has 1 aliphatic heterocycles. The Morgan fingerprint density at radius 1 is 1.19 bits per heavy atom. The second kappa shape index (κ2) is 5.90. The third-order valence-electron chi connectivity index (χ3n) is 3.06. The van der Waals surface area contributed by atoms with Crippen LogP contribution in [0.1, 0.15) is 13.3 Å². The molecule has 1 saturated heterocycles. The van der Waals surface area contributed by atoms with Gasteiger partial charge in [0.15, 0.2) is 0 Å². The van der Waals surface area contributed by atoms with Crippen LogP contribution >= 0.6 is 0 Å². The molecule has 0 aromatic carbocycles. The van der Waals surface area contributed by atoms with Crippen LogP contribution in [0.4, 0.5) is 0 Å². The summed E-state index contributed by atoms with van der Waals surface area (Å²) in [6.07, 6.45) is -5.62. The summed E-state index contributed by atoms with van der Waals surface area (Å²) in [5.74, 6) is 0.0862. The molecule has 0 aromatic rings. The summed E-state index contributed by atoms with van der Waals surface area (Å²) in [7, 11) is 0. The van der Waals surface area contributed by atoms with E-state index in [1.165, 1.54) is 0 Å². The van der Waals surface area contributed by atoms with Crippen molar-refractivity contribution in [3.63, 3.8) is 0 Å². The van der Waals surface area contributed by atoms with E-state index in [2.05, 4.69) is 0 Å². The number of rotatable bonds is 5. The van der Waals surface area contributed by atoms with Gasteiger partial charge in [0.2, 0.25) is 0 Å². The first kappa shape index (κ1) is 13.8. The average Bonchev–Trinajstić information content (AvgIpc) is 2.71. The van der Waals surface area contributed by atoms with Crippen molar-refractivity contribution in [1.82, 2.24) is 0 Å². The topological polar surface area (TPSA) is 110 Å². The molecule has 16 heavy (non-hydrogen) atoms. The first-order valence-electron chi connectivity index (χ1n) is 5.43. The van der Waals surface area contributed by atoms with Gasteiger partial charge in [-0.1, -0.05) is 6.92 Å². The Balaban J connectivity index is 2.55. The van der Waals surface area contributed by atoms with Gasteiger partial charge in [0.25, 0.3) is 0 Å². The largest absolute Gasteiger partial charge is 0.394 e. The van der Waals surface area contributed by atoms with Crippen molar-refractivity contribution < 1.29 is 30.3 Å². The molecule has 6 heteroatoms. The summed E-state index contributed by atoms with van der Waals surface area (Å²) in [4.78, 5) is 0. The van der Waals surface area contributed by atoms with Crippen LogP contribution in [0.3, 0.4) is 0 Å². The van der Waals surface area contributed by atoms with Crippen molar-refractivity contribution in [1.29, 1.82) is 0 Å². The van der Waals surface area contributed by atoms with Crippen molar-refractivity contribution in [2.45, 2.75) is 43.9 Å². The molecule has 0 radical (unpaired) electrons. The molecule has 2 unspecified atom stereocenters. The Morgan fingerprint density at radius 3 is 2.25 bits per heavy atom. The number of hydrogen-bond donors (Lipinski definition) is 5. The molecular formula is C10H20O6. The van der Waals surface area contributed by atoms with Crippen LogP contribution in [0.25, 0.3) is 0 Å². The quantitative estimate of drug-likeness (QED) is 0.372. The van der Waals surface area contributed by atoms with Crippen LogP contribution in [0.2, 0.25) is 0 Å². The van der Waals surface area contributed by atoms with E-state index in [0.29, 0.717) is 6.61 Å². The lowest BCUT2D eigenvalue weighted by atomic mass is 9.92. The number of aliphatic hydroxyl groups is 5. The highest BCUT2D eigenvalue weighted by Crippen LogP contribution is 2.25. The third kappa shape index (κ3) is 2.91. The molecule has 0 aliphatic carbocycles. The molecule has 0 saturated carbocycles. The summed E-state index contributed by atoms with van der Waals surface area (Å²) in [6, 6.07) is 0. The highest BCUT2D eigenvalue weighted by molar-refractivity contribution is 4.89. The van der Waals surface area contributed by atoms with Crippen LogP contribution in [0, 0.1) is 5.92 Å². The number of hydrogen-bond acceptors (Lipinski definition) is 6. The van der Waals surface area contributed by atoms with E-state index in [0.717, 1.165) is 6.42 Å². The van der Waals surface area contributed by atoms with Crippen molar-refractivity contribution in [2.75, 3.05) is 13.2 Å². The highest BCUT2D eigenvalue weighted by atomic mass is 16.5. The van der Waals surface area contributed by atoms with Gasteiger partial charge in [-0.05, 0) is 12.3 Å². The maximum atomic E-state index is 9.77. The fourth-order valence-electron chi connectivity index (χ4n) is 1.89. The first-order valence-corrected chi connectivity index (χ1v) is 5.43. The van der Waals surface area contributed by atoms with Gasteiger partial charge < -0.3 is 30.3 Å². The summed E-state index contributed by atoms with van der Waals surface area (Å²) in [5, 5.41) is 46.6. The maximum Gasteiger partial charge on any atom is 0.111 e. The first-order chi connectivity index (χ1) is 7.49. The number of ether oxygens (including phenoxy) is 1. The standard InChI is InChI=1S/C10H20O6/c1-5-2-3-16-10(5)9(15)8(14)7(13)6(12)4-11/h5-15H,2-4H2,1H3/t5?,6-,7-,8+,9-,10?/m1/s1. The maximum absolute atomic E-state index is 9.77. The molecule has 1 fully saturated rings. The van der Waals surface area contributed by atoms with E-state index in [-0.39, 0.29) is 5.92 Å². The fourth-order valence-corrected chi connectivity index (χ4v) is 1.89. The molecule has 1 aliphatic rings. The lowest BCUT2D eigenvalue weighted by molar-refractivity contribution is -0.146. The van der Waals surface area contributed by atoms with Gasteiger partial charge in [0.05, 0.1) is 12.7 Å². The molecule has 6 atom stereocenters. The average molecular weight is 236 g/mol. The van der Waals surface area contributed by atoms with Gasteiger partial charge in [-0.25, -0.2) is 0 Å². The molecule has 5 N–H and O–H groups in total. The van der Waals surface area contributed by atoms with Crippen LogP contribution in [-0.2, 0) is 4.74 Å². The summed E-state index contributed by atoms with van der Waals surface area (Å²) in [6.45, 7) is 1.71. The monoisotopic (exact) mass is 236 g/mol. The normalized spacial score (nSPS) is 33.4. The Kier molecular flexibility index (Phi) is 5.10. The minimum Gasteiger partial charge on any atom is -0.394 e. The molecule has 1 rings (SSSR count). The van der Waals surface area contributed by atoms with E-state index in [1.807, 2.05) is 6.92 Å². The van der Waals surface area contributed by atoms with Gasteiger partial charge in [-0.3, -0.25) is 0 Å². The van der Waals surface area contributed by atoms with E-state index in [1.54, 1.807) is 0 Å². The second-order valence-corrected chi connectivity index (χ2v) is 4.32. The summed E-state index contributed by atoms with van der Waals surface area (Å²) in [5.41, 5.74) is 0. The predicted molar refractivity (Wildman–Crippen MR) is 54.6 cm³/mol. The van der Waals surface area contributed by atoms with Crippen LogP contribution in [-0.4, -0.2) is 69.3 Å². The second-order valence-electron chi connectivity index (χ2n) is 4.32. The molecule has 0 aromatic heterocycles. The third-order valence-corrected chi connectivity index (χ3v) is 3.06. The molecule has 6 nitrogen and oxygen atoms in total. The van der Waals surface area contributed by atoms with E-state index >= 15 is 0 Å². The van der Waals surface area contributed by atoms with Crippen LogP contribution in [0.15, 0.2) is 0 Å². The predicted octanol–water partition coefficient (Wildman–Crippen LogP) is -2.15. The molecule has 0 spiro atoms. The zero-order chi connectivity index (χ0) is 12.3. The molecular weight excluding hydrogens is 216 g/mol. The molecule has 0 amide bonds. The van der Waals surface area contributed by atoms with E-state index in [4.69, 9.17) is 14.9 Å². The van der Waals surface area contributed by atoms with Crippen molar-refractivity contribution in [3.8, 4) is 0 Å². The van der Waals surface area contributed by atoms with Gasteiger partial charge in [0, 0.05) is 6.61 Å². The van der Waals surface area contributed by atoms with E-state index in [9.17, 15) is 15.3 Å². The lowest BCUT2D eigenvalue weighted by Gasteiger charge is -2.30. The SMILES string of the molecule is CC1CCOC1[C@H](O)[C@@H](O)[C@H](O)[C@H](O)CO. The molecule has 96 valence electrons. The molecule has 1 heterocycles. The Morgan fingerprint density at radius 2 is 1.81 bits per heavy atom. The van der Waals surface area contributed by atoms with E-state index < -0.39 is 37.1 Å². The van der Waals surface area contributed by atoms with Crippen LogP contribution < -0.4 is 0 Å². The lowest BCUT2D eigenvalue weighted by Crippen LogP contribution is -2.50. The zero-order valence-corrected chi connectivity index (χ0v) is 9.23. The van der Waals surface area contributed by atoms with Gasteiger partial charge in [-0.2, -0.15) is 0 Å². The van der Waals surface area contributed by atoms with Crippen molar-refractivity contribution in [3.05, 3.63) is 0 Å². The minimum atomic E-state index is -1.59. The Bertz CT molecular complexity index is 211. The zero-order valence-electron chi connectivity index (χ0n) is 9.23. The Hall–Kier alpha value is -0.240. The van der Waals surface area contributed by atoms with Gasteiger partial charge >= 0.3 is 0 Å². The van der Waals surface area contributed by atoms with Gasteiger partial charge in [-0.15, -0.1) is 0 Å². The van der Waals surface area contributed by atoms with Crippen LogP contribution in [0.5, 0.6) is 0 Å². The summed E-state index contributed by atoms with van der Waals surface area (Å²) >= 11 is 0. The fraction of sp³-hybridized carbons (Fsp3) is 1.00. The van der Waals surface area contributed by atoms with Crippen molar-refractivity contribution >= 4 is 0 Å². The highest BCUT2D eigenvalue weighted by Gasteiger charge is 2.39. The Labute approximate surface area is 94.1 Å². The van der Waals surface area contributed by atoms with Crippen molar-refractivity contribution in [2.24, 2.45) is 5.92 Å².